The molecule has 1 fully saturated rings. The van der Waals surface area contributed by atoms with Crippen LogP contribution in [0.5, 0.6) is 0 Å². The van der Waals surface area contributed by atoms with Crippen molar-refractivity contribution in [3.63, 3.8) is 0 Å². The van der Waals surface area contributed by atoms with Crippen LogP contribution in [-0.2, 0) is 0 Å². The van der Waals surface area contributed by atoms with Crippen LogP contribution in [0.2, 0.25) is 0 Å². The third-order valence-electron chi connectivity index (χ3n) is 4.21. The van der Waals surface area contributed by atoms with E-state index in [0.717, 1.165) is 29.3 Å². The SMILES string of the molecule is Cc1cnc(N2CCCC(C(C)(C)C)CC2)c(Br)c1. The lowest BCUT2D eigenvalue weighted by atomic mass is 9.77. The van der Waals surface area contributed by atoms with Gasteiger partial charge in [-0.15, -0.1) is 0 Å². The quantitative estimate of drug-likeness (QED) is 0.737. The molecule has 1 aromatic heterocycles. The lowest BCUT2D eigenvalue weighted by molar-refractivity contribution is 0.220. The Balaban J connectivity index is 2.11. The summed E-state index contributed by atoms with van der Waals surface area (Å²) in [6, 6.07) is 2.16. The van der Waals surface area contributed by atoms with E-state index in [4.69, 9.17) is 0 Å². The Labute approximate surface area is 125 Å². The predicted molar refractivity (Wildman–Crippen MR) is 85.7 cm³/mol. The van der Waals surface area contributed by atoms with Gasteiger partial charge in [0.25, 0.3) is 0 Å². The van der Waals surface area contributed by atoms with Gasteiger partial charge in [-0.2, -0.15) is 0 Å². The highest BCUT2D eigenvalue weighted by molar-refractivity contribution is 9.10. The van der Waals surface area contributed by atoms with Crippen LogP contribution in [0.1, 0.15) is 45.6 Å². The van der Waals surface area contributed by atoms with E-state index in [2.05, 4.69) is 59.6 Å². The van der Waals surface area contributed by atoms with Crippen LogP contribution < -0.4 is 4.90 Å². The van der Waals surface area contributed by atoms with Gasteiger partial charge in [0, 0.05) is 19.3 Å². The minimum atomic E-state index is 0.425. The summed E-state index contributed by atoms with van der Waals surface area (Å²) < 4.78 is 1.13. The van der Waals surface area contributed by atoms with Crippen molar-refractivity contribution in [3.05, 3.63) is 22.3 Å². The smallest absolute Gasteiger partial charge is 0.142 e. The van der Waals surface area contributed by atoms with E-state index in [9.17, 15) is 0 Å². The van der Waals surface area contributed by atoms with Crippen LogP contribution in [0.15, 0.2) is 16.7 Å². The Bertz CT molecular complexity index is 437. The maximum atomic E-state index is 4.61. The molecule has 1 atom stereocenters. The summed E-state index contributed by atoms with van der Waals surface area (Å²) in [5, 5.41) is 0. The second-order valence-corrected chi connectivity index (χ2v) is 7.65. The van der Waals surface area contributed by atoms with Crippen LogP contribution in [0, 0.1) is 18.3 Å². The molecule has 1 aliphatic rings. The molecule has 0 bridgehead atoms. The zero-order valence-corrected chi connectivity index (χ0v) is 14.1. The van der Waals surface area contributed by atoms with Gasteiger partial charge in [-0.3, -0.25) is 0 Å². The number of anilines is 1. The van der Waals surface area contributed by atoms with E-state index < -0.39 is 0 Å². The van der Waals surface area contributed by atoms with Crippen LogP contribution in [0.4, 0.5) is 5.82 Å². The summed E-state index contributed by atoms with van der Waals surface area (Å²) >= 11 is 3.66. The Morgan fingerprint density at radius 3 is 2.63 bits per heavy atom. The zero-order valence-electron chi connectivity index (χ0n) is 12.5. The topological polar surface area (TPSA) is 16.1 Å². The molecule has 0 N–H and O–H groups in total. The second kappa shape index (κ2) is 5.82. The fourth-order valence-electron chi connectivity index (χ4n) is 2.93. The molecule has 0 aliphatic carbocycles. The Morgan fingerprint density at radius 2 is 2.00 bits per heavy atom. The number of nitrogens with zero attached hydrogens (tertiary/aromatic N) is 2. The van der Waals surface area contributed by atoms with Gasteiger partial charge in [-0.25, -0.2) is 4.98 Å². The third-order valence-corrected chi connectivity index (χ3v) is 4.79. The summed E-state index contributed by atoms with van der Waals surface area (Å²) in [5.41, 5.74) is 1.63. The summed E-state index contributed by atoms with van der Waals surface area (Å²) in [4.78, 5) is 7.05. The van der Waals surface area contributed by atoms with Crippen molar-refractivity contribution in [2.75, 3.05) is 18.0 Å². The molecular formula is C16H25BrN2. The fraction of sp³-hybridized carbons (Fsp3) is 0.688. The largest absolute Gasteiger partial charge is 0.356 e. The lowest BCUT2D eigenvalue weighted by Gasteiger charge is -2.30. The number of hydrogen-bond donors (Lipinski definition) is 0. The van der Waals surface area contributed by atoms with E-state index in [1.165, 1.54) is 24.8 Å². The standard InChI is InChI=1S/C16H25BrN2/c1-12-10-14(17)15(18-11-12)19-8-5-6-13(7-9-19)16(2,3)4/h10-11,13H,5-9H2,1-4H3. The van der Waals surface area contributed by atoms with Crippen molar-refractivity contribution in [2.45, 2.75) is 47.0 Å². The van der Waals surface area contributed by atoms with Crippen molar-refractivity contribution in [1.29, 1.82) is 0 Å². The predicted octanol–water partition coefficient (Wildman–Crippen LogP) is 4.81. The molecule has 0 aromatic carbocycles. The monoisotopic (exact) mass is 324 g/mol. The number of rotatable bonds is 1. The minimum absolute atomic E-state index is 0.425. The molecule has 1 aliphatic heterocycles. The molecule has 1 aromatic rings. The van der Waals surface area contributed by atoms with Crippen molar-refractivity contribution in [2.24, 2.45) is 11.3 Å². The molecule has 2 heterocycles. The van der Waals surface area contributed by atoms with Crippen LogP contribution in [0.3, 0.4) is 0 Å². The van der Waals surface area contributed by atoms with Gasteiger partial charge in [0.2, 0.25) is 0 Å². The van der Waals surface area contributed by atoms with E-state index in [-0.39, 0.29) is 0 Å². The minimum Gasteiger partial charge on any atom is -0.356 e. The molecular weight excluding hydrogens is 300 g/mol. The molecule has 1 saturated heterocycles. The van der Waals surface area contributed by atoms with Crippen molar-refractivity contribution in [3.8, 4) is 0 Å². The molecule has 1 unspecified atom stereocenters. The first-order valence-electron chi connectivity index (χ1n) is 7.25. The molecule has 0 saturated carbocycles. The number of aromatic nitrogens is 1. The van der Waals surface area contributed by atoms with Crippen LogP contribution >= 0.6 is 15.9 Å². The summed E-state index contributed by atoms with van der Waals surface area (Å²) in [6.07, 6.45) is 5.84. The van der Waals surface area contributed by atoms with Gasteiger partial charge >= 0.3 is 0 Å². The number of aryl methyl sites for hydroxylation is 1. The molecule has 0 spiro atoms. The molecule has 3 heteroatoms. The van der Waals surface area contributed by atoms with Crippen molar-refractivity contribution in [1.82, 2.24) is 4.98 Å². The highest BCUT2D eigenvalue weighted by Gasteiger charge is 2.27. The van der Waals surface area contributed by atoms with Gasteiger partial charge in [0.15, 0.2) is 0 Å². The number of hydrogen-bond acceptors (Lipinski definition) is 2. The van der Waals surface area contributed by atoms with Crippen LogP contribution in [-0.4, -0.2) is 18.1 Å². The Kier molecular flexibility index (Phi) is 4.54. The summed E-state index contributed by atoms with van der Waals surface area (Å²) in [7, 11) is 0. The zero-order chi connectivity index (χ0) is 14.0. The first kappa shape index (κ1) is 14.8. The van der Waals surface area contributed by atoms with Crippen molar-refractivity contribution < 1.29 is 0 Å². The molecule has 106 valence electrons. The highest BCUT2D eigenvalue weighted by atomic mass is 79.9. The normalized spacial score (nSPS) is 21.3. The van der Waals surface area contributed by atoms with E-state index >= 15 is 0 Å². The Morgan fingerprint density at radius 1 is 1.26 bits per heavy atom. The molecule has 0 amide bonds. The van der Waals surface area contributed by atoms with E-state index in [0.29, 0.717) is 5.41 Å². The fourth-order valence-corrected chi connectivity index (χ4v) is 3.65. The van der Waals surface area contributed by atoms with Crippen molar-refractivity contribution >= 4 is 21.7 Å². The van der Waals surface area contributed by atoms with Crippen LogP contribution in [0.25, 0.3) is 0 Å². The van der Waals surface area contributed by atoms with Gasteiger partial charge in [-0.05, 0) is 65.1 Å². The second-order valence-electron chi connectivity index (χ2n) is 6.80. The summed E-state index contributed by atoms with van der Waals surface area (Å²) in [6.45, 7) is 11.4. The van der Waals surface area contributed by atoms with Gasteiger partial charge in [-0.1, -0.05) is 20.8 Å². The first-order valence-corrected chi connectivity index (χ1v) is 8.04. The molecule has 19 heavy (non-hydrogen) atoms. The number of halogens is 1. The molecule has 2 nitrogen and oxygen atoms in total. The highest BCUT2D eigenvalue weighted by Crippen LogP contribution is 2.36. The lowest BCUT2D eigenvalue weighted by Crippen LogP contribution is -2.27. The molecule has 2 rings (SSSR count). The van der Waals surface area contributed by atoms with Gasteiger partial charge < -0.3 is 4.90 Å². The Hall–Kier alpha value is -0.570. The van der Waals surface area contributed by atoms with Gasteiger partial charge in [0.05, 0.1) is 4.47 Å². The maximum Gasteiger partial charge on any atom is 0.142 e. The van der Waals surface area contributed by atoms with E-state index in [1.807, 2.05) is 6.20 Å². The van der Waals surface area contributed by atoms with E-state index in [1.54, 1.807) is 0 Å². The van der Waals surface area contributed by atoms with Gasteiger partial charge in [0.1, 0.15) is 5.82 Å². The number of pyridine rings is 1. The third kappa shape index (κ3) is 3.71. The first-order chi connectivity index (χ1) is 8.88. The molecule has 0 radical (unpaired) electrons. The maximum absolute atomic E-state index is 4.61. The average Bonchev–Trinajstić information content (AvgIpc) is 2.54. The summed E-state index contributed by atoms with van der Waals surface area (Å²) in [5.74, 6) is 1.93. The average molecular weight is 325 g/mol.